The maximum absolute atomic E-state index is 11.1. The lowest BCUT2D eigenvalue weighted by Gasteiger charge is -2.33. The standard InChI is InChI=1S/C16H14BrN3O2/c17-13-3-1-2-12-14(13)19-9-11(8-18)15(12)20-6-4-10(5-7-20)16(21)22/h1-3,9-10H,4-7H2,(H,21,22). The van der Waals surface area contributed by atoms with Crippen LogP contribution in [0.2, 0.25) is 0 Å². The Kier molecular flexibility index (Phi) is 3.99. The van der Waals surface area contributed by atoms with Crippen LogP contribution in [-0.4, -0.2) is 29.1 Å². The summed E-state index contributed by atoms with van der Waals surface area (Å²) >= 11 is 3.49. The number of aliphatic carboxylic acids is 1. The maximum atomic E-state index is 11.1. The Morgan fingerprint density at radius 3 is 2.77 bits per heavy atom. The van der Waals surface area contributed by atoms with Gasteiger partial charge in [0.05, 0.1) is 22.7 Å². The first-order valence-electron chi connectivity index (χ1n) is 7.07. The molecule has 0 amide bonds. The predicted molar refractivity (Wildman–Crippen MR) is 86.7 cm³/mol. The van der Waals surface area contributed by atoms with Gasteiger partial charge in [-0.05, 0) is 34.8 Å². The van der Waals surface area contributed by atoms with Crippen molar-refractivity contribution in [1.82, 2.24) is 4.98 Å². The molecule has 2 heterocycles. The number of fused-ring (bicyclic) bond motifs is 1. The van der Waals surface area contributed by atoms with Gasteiger partial charge in [-0.15, -0.1) is 0 Å². The number of nitriles is 1. The van der Waals surface area contributed by atoms with E-state index in [2.05, 4.69) is 31.9 Å². The van der Waals surface area contributed by atoms with E-state index in [1.54, 1.807) is 6.20 Å². The summed E-state index contributed by atoms with van der Waals surface area (Å²) in [5.41, 5.74) is 2.20. The van der Waals surface area contributed by atoms with E-state index in [0.717, 1.165) is 21.1 Å². The van der Waals surface area contributed by atoms with Crippen LogP contribution in [-0.2, 0) is 4.79 Å². The SMILES string of the molecule is N#Cc1cnc2c(Br)cccc2c1N1CCC(C(=O)O)CC1. The first-order chi connectivity index (χ1) is 10.6. The number of carboxylic acid groups (broad SMARTS) is 1. The van der Waals surface area contributed by atoms with Crippen molar-refractivity contribution in [2.24, 2.45) is 5.92 Å². The fourth-order valence-electron chi connectivity index (χ4n) is 2.95. The van der Waals surface area contributed by atoms with Gasteiger partial charge in [0.15, 0.2) is 0 Å². The second-order valence-corrected chi connectivity index (χ2v) is 6.22. The normalized spacial score (nSPS) is 15.7. The number of piperidine rings is 1. The van der Waals surface area contributed by atoms with Crippen LogP contribution in [0.15, 0.2) is 28.9 Å². The van der Waals surface area contributed by atoms with E-state index in [0.29, 0.717) is 31.5 Å². The Hall–Kier alpha value is -2.13. The molecule has 1 saturated heterocycles. The number of nitrogens with zero attached hydrogens (tertiary/aromatic N) is 3. The molecule has 0 aliphatic carbocycles. The predicted octanol–water partition coefficient (Wildman–Crippen LogP) is 3.17. The van der Waals surface area contributed by atoms with E-state index in [1.807, 2.05) is 18.2 Å². The zero-order valence-electron chi connectivity index (χ0n) is 11.8. The summed E-state index contributed by atoms with van der Waals surface area (Å²) in [5, 5.41) is 19.4. The average molecular weight is 360 g/mol. The highest BCUT2D eigenvalue weighted by Crippen LogP contribution is 2.34. The van der Waals surface area contributed by atoms with Gasteiger partial charge < -0.3 is 10.0 Å². The maximum Gasteiger partial charge on any atom is 0.306 e. The summed E-state index contributed by atoms with van der Waals surface area (Å²) < 4.78 is 0.885. The smallest absolute Gasteiger partial charge is 0.306 e. The lowest BCUT2D eigenvalue weighted by Crippen LogP contribution is -2.36. The van der Waals surface area contributed by atoms with Gasteiger partial charge >= 0.3 is 5.97 Å². The molecule has 1 fully saturated rings. The van der Waals surface area contributed by atoms with Gasteiger partial charge in [-0.1, -0.05) is 12.1 Å². The summed E-state index contributed by atoms with van der Waals surface area (Å²) in [5.74, 6) is -1.02. The van der Waals surface area contributed by atoms with Crippen LogP contribution >= 0.6 is 15.9 Å². The molecule has 22 heavy (non-hydrogen) atoms. The van der Waals surface area contributed by atoms with Gasteiger partial charge in [0.2, 0.25) is 0 Å². The number of halogens is 1. The summed E-state index contributed by atoms with van der Waals surface area (Å²) in [7, 11) is 0. The van der Waals surface area contributed by atoms with Crippen LogP contribution in [0.4, 0.5) is 5.69 Å². The van der Waals surface area contributed by atoms with Crippen molar-refractivity contribution in [2.75, 3.05) is 18.0 Å². The van der Waals surface area contributed by atoms with Crippen LogP contribution in [0.25, 0.3) is 10.9 Å². The Morgan fingerprint density at radius 1 is 1.41 bits per heavy atom. The van der Waals surface area contributed by atoms with Gasteiger partial charge in [-0.25, -0.2) is 0 Å². The van der Waals surface area contributed by atoms with E-state index < -0.39 is 5.97 Å². The quantitative estimate of drug-likeness (QED) is 0.890. The molecular formula is C16H14BrN3O2. The molecule has 3 rings (SSSR count). The number of carboxylic acids is 1. The van der Waals surface area contributed by atoms with Crippen LogP contribution in [0.3, 0.4) is 0 Å². The second kappa shape index (κ2) is 5.93. The Labute approximate surface area is 136 Å². The molecule has 5 nitrogen and oxygen atoms in total. The number of pyridine rings is 1. The highest BCUT2D eigenvalue weighted by molar-refractivity contribution is 9.10. The molecule has 2 aromatic rings. The molecule has 112 valence electrons. The van der Waals surface area contributed by atoms with E-state index in [9.17, 15) is 10.1 Å². The van der Waals surface area contributed by atoms with E-state index >= 15 is 0 Å². The highest BCUT2D eigenvalue weighted by Gasteiger charge is 2.27. The number of hydrogen-bond donors (Lipinski definition) is 1. The first-order valence-corrected chi connectivity index (χ1v) is 7.86. The third-order valence-electron chi connectivity index (χ3n) is 4.10. The third kappa shape index (κ3) is 2.53. The molecule has 0 saturated carbocycles. The van der Waals surface area contributed by atoms with Gasteiger partial charge in [0, 0.05) is 29.1 Å². The van der Waals surface area contributed by atoms with Gasteiger partial charge in [-0.3, -0.25) is 9.78 Å². The van der Waals surface area contributed by atoms with Gasteiger partial charge in [-0.2, -0.15) is 5.26 Å². The summed E-state index contributed by atoms with van der Waals surface area (Å²) in [6.07, 6.45) is 2.78. The van der Waals surface area contributed by atoms with Gasteiger partial charge in [0.1, 0.15) is 6.07 Å². The lowest BCUT2D eigenvalue weighted by molar-refractivity contribution is -0.142. The summed E-state index contributed by atoms with van der Waals surface area (Å²) in [4.78, 5) is 17.6. The monoisotopic (exact) mass is 359 g/mol. The van der Waals surface area contributed by atoms with Crippen molar-refractivity contribution in [3.05, 3.63) is 34.4 Å². The van der Waals surface area contributed by atoms with Crippen molar-refractivity contribution >= 4 is 38.5 Å². The van der Waals surface area contributed by atoms with Crippen molar-refractivity contribution < 1.29 is 9.90 Å². The molecule has 0 radical (unpaired) electrons. The average Bonchev–Trinajstić information content (AvgIpc) is 2.54. The minimum atomic E-state index is -0.734. The fourth-order valence-corrected chi connectivity index (χ4v) is 3.41. The number of benzene rings is 1. The molecule has 1 aliphatic heterocycles. The van der Waals surface area contributed by atoms with Crippen LogP contribution in [0.1, 0.15) is 18.4 Å². The van der Waals surface area contributed by atoms with Gasteiger partial charge in [0.25, 0.3) is 0 Å². The molecule has 0 bridgehead atoms. The Balaban J connectivity index is 2.05. The largest absolute Gasteiger partial charge is 0.481 e. The zero-order valence-corrected chi connectivity index (χ0v) is 13.4. The lowest BCUT2D eigenvalue weighted by atomic mass is 9.95. The topological polar surface area (TPSA) is 77.2 Å². The molecular weight excluding hydrogens is 346 g/mol. The minimum absolute atomic E-state index is 0.290. The number of hydrogen-bond acceptors (Lipinski definition) is 4. The Bertz CT molecular complexity index is 777. The van der Waals surface area contributed by atoms with Crippen molar-refractivity contribution in [2.45, 2.75) is 12.8 Å². The third-order valence-corrected chi connectivity index (χ3v) is 4.74. The number of rotatable bonds is 2. The molecule has 0 atom stereocenters. The highest BCUT2D eigenvalue weighted by atomic mass is 79.9. The molecule has 1 aromatic heterocycles. The van der Waals surface area contributed by atoms with Crippen LogP contribution < -0.4 is 4.90 Å². The molecule has 0 unspecified atom stereocenters. The van der Waals surface area contributed by atoms with Crippen molar-refractivity contribution in [3.8, 4) is 6.07 Å². The van der Waals surface area contributed by atoms with E-state index in [4.69, 9.17) is 5.11 Å². The number of aromatic nitrogens is 1. The zero-order chi connectivity index (χ0) is 15.7. The number of para-hydroxylation sites is 1. The number of carbonyl (C=O) groups is 1. The Morgan fingerprint density at radius 2 is 2.14 bits per heavy atom. The van der Waals surface area contributed by atoms with E-state index in [-0.39, 0.29) is 5.92 Å². The minimum Gasteiger partial charge on any atom is -0.481 e. The first kappa shape index (κ1) is 14.8. The number of anilines is 1. The van der Waals surface area contributed by atoms with Crippen molar-refractivity contribution in [3.63, 3.8) is 0 Å². The molecule has 6 heteroatoms. The van der Waals surface area contributed by atoms with Crippen LogP contribution in [0, 0.1) is 17.2 Å². The van der Waals surface area contributed by atoms with Crippen LogP contribution in [0.5, 0.6) is 0 Å². The molecule has 0 spiro atoms. The summed E-state index contributed by atoms with van der Waals surface area (Å²) in [6.45, 7) is 1.27. The summed E-state index contributed by atoms with van der Waals surface area (Å²) in [6, 6.07) is 7.99. The molecule has 1 aliphatic rings. The molecule has 1 aromatic carbocycles. The van der Waals surface area contributed by atoms with E-state index in [1.165, 1.54) is 0 Å². The van der Waals surface area contributed by atoms with Crippen molar-refractivity contribution in [1.29, 1.82) is 5.26 Å². The fraction of sp³-hybridized carbons (Fsp3) is 0.312. The molecule has 1 N–H and O–H groups in total. The second-order valence-electron chi connectivity index (χ2n) is 5.37.